The van der Waals surface area contributed by atoms with Crippen molar-refractivity contribution in [3.8, 4) is 11.3 Å². The van der Waals surface area contributed by atoms with Gasteiger partial charge in [0.1, 0.15) is 0 Å². The number of aryl methyl sites for hydroxylation is 1. The topological polar surface area (TPSA) is 33.7 Å². The second-order valence-electron chi connectivity index (χ2n) is 3.49. The van der Waals surface area contributed by atoms with Crippen molar-refractivity contribution >= 4 is 15.9 Å². The Morgan fingerprint density at radius 2 is 1.87 bits per heavy atom. The van der Waals surface area contributed by atoms with Crippen molar-refractivity contribution < 1.29 is 0 Å². The quantitative estimate of drug-likeness (QED) is 0.821. The maximum atomic E-state index is 7.80. The number of halogens is 1. The summed E-state index contributed by atoms with van der Waals surface area (Å²) in [5.74, 6) is 0. The van der Waals surface area contributed by atoms with Crippen LogP contribution in [-0.4, -0.2) is 9.13 Å². The van der Waals surface area contributed by atoms with E-state index in [0.717, 1.165) is 15.7 Å². The van der Waals surface area contributed by atoms with Crippen LogP contribution in [0.2, 0.25) is 0 Å². The van der Waals surface area contributed by atoms with Crippen molar-refractivity contribution in [1.29, 1.82) is 5.41 Å². The fourth-order valence-electron chi connectivity index (χ4n) is 1.60. The number of aromatic nitrogens is 2. The average molecular weight is 266 g/mol. The maximum absolute atomic E-state index is 7.80. The van der Waals surface area contributed by atoms with Crippen molar-refractivity contribution in [1.82, 2.24) is 9.13 Å². The van der Waals surface area contributed by atoms with E-state index in [9.17, 15) is 0 Å². The van der Waals surface area contributed by atoms with Crippen molar-refractivity contribution in [3.63, 3.8) is 0 Å². The molecule has 2 aromatic rings. The molecule has 78 valence electrons. The third kappa shape index (κ3) is 1.65. The van der Waals surface area contributed by atoms with Gasteiger partial charge < -0.3 is 9.13 Å². The number of nitrogens with zero attached hydrogens (tertiary/aromatic N) is 2. The number of rotatable bonds is 1. The van der Waals surface area contributed by atoms with E-state index in [1.54, 1.807) is 4.57 Å². The molecule has 0 amide bonds. The van der Waals surface area contributed by atoms with Gasteiger partial charge in [-0.05, 0) is 6.07 Å². The van der Waals surface area contributed by atoms with Crippen LogP contribution in [0.4, 0.5) is 0 Å². The largest absolute Gasteiger partial charge is 0.320 e. The summed E-state index contributed by atoms with van der Waals surface area (Å²) in [6.45, 7) is 0. The summed E-state index contributed by atoms with van der Waals surface area (Å²) in [4.78, 5) is 0. The molecule has 1 aromatic carbocycles. The van der Waals surface area contributed by atoms with Gasteiger partial charge in [-0.15, -0.1) is 0 Å². The molecule has 1 heterocycles. The van der Waals surface area contributed by atoms with E-state index < -0.39 is 0 Å². The molecule has 2 rings (SSSR count). The zero-order valence-electron chi connectivity index (χ0n) is 8.66. The summed E-state index contributed by atoms with van der Waals surface area (Å²) in [6.07, 6.45) is 1.96. The molecular formula is C11H12BrN3. The van der Waals surface area contributed by atoms with Crippen molar-refractivity contribution in [2.45, 2.75) is 0 Å². The molecule has 0 aliphatic heterocycles. The molecule has 1 N–H and O–H groups in total. The lowest BCUT2D eigenvalue weighted by atomic mass is 10.2. The third-order valence-corrected chi connectivity index (χ3v) is 3.17. The first kappa shape index (κ1) is 10.2. The van der Waals surface area contributed by atoms with Crippen LogP contribution in [0.1, 0.15) is 0 Å². The second-order valence-corrected chi connectivity index (χ2v) is 4.34. The van der Waals surface area contributed by atoms with Gasteiger partial charge in [-0.25, -0.2) is 0 Å². The molecule has 0 radical (unpaired) electrons. The monoisotopic (exact) mass is 265 g/mol. The van der Waals surface area contributed by atoms with E-state index in [-0.39, 0.29) is 0 Å². The van der Waals surface area contributed by atoms with Crippen LogP contribution < -0.4 is 5.62 Å². The molecule has 4 heteroatoms. The summed E-state index contributed by atoms with van der Waals surface area (Å²) >= 11 is 3.52. The Labute approximate surface area is 96.6 Å². The van der Waals surface area contributed by atoms with Crippen LogP contribution in [0.25, 0.3) is 11.3 Å². The molecule has 15 heavy (non-hydrogen) atoms. The van der Waals surface area contributed by atoms with Gasteiger partial charge in [0.25, 0.3) is 0 Å². The molecular weight excluding hydrogens is 254 g/mol. The second kappa shape index (κ2) is 3.70. The molecule has 0 bridgehead atoms. The highest BCUT2D eigenvalue weighted by Crippen LogP contribution is 2.26. The van der Waals surface area contributed by atoms with E-state index >= 15 is 0 Å². The Morgan fingerprint density at radius 1 is 1.20 bits per heavy atom. The van der Waals surface area contributed by atoms with Crippen molar-refractivity contribution in [3.05, 3.63) is 40.6 Å². The SMILES string of the molecule is Cn1cc(-c2ccccc2Br)n(C)c1=N. The molecule has 0 saturated carbocycles. The van der Waals surface area contributed by atoms with Gasteiger partial charge in [0, 0.05) is 30.3 Å². The summed E-state index contributed by atoms with van der Waals surface area (Å²) < 4.78 is 4.71. The zero-order chi connectivity index (χ0) is 11.0. The highest BCUT2D eigenvalue weighted by molar-refractivity contribution is 9.10. The molecule has 1 aromatic heterocycles. The highest BCUT2D eigenvalue weighted by atomic mass is 79.9. The molecule has 0 unspecified atom stereocenters. The lowest BCUT2D eigenvalue weighted by Gasteiger charge is -2.03. The van der Waals surface area contributed by atoms with Crippen LogP contribution in [0.15, 0.2) is 34.9 Å². The van der Waals surface area contributed by atoms with Gasteiger partial charge in [-0.1, -0.05) is 34.1 Å². The lowest BCUT2D eigenvalue weighted by molar-refractivity contribution is 0.727. The first-order chi connectivity index (χ1) is 7.11. The predicted molar refractivity (Wildman–Crippen MR) is 63.4 cm³/mol. The number of imidazole rings is 1. The molecule has 0 spiro atoms. The minimum Gasteiger partial charge on any atom is -0.320 e. The van der Waals surface area contributed by atoms with Crippen LogP contribution in [0.3, 0.4) is 0 Å². The first-order valence-electron chi connectivity index (χ1n) is 4.63. The molecule has 3 nitrogen and oxygen atoms in total. The van der Waals surface area contributed by atoms with Crippen LogP contribution in [-0.2, 0) is 14.1 Å². The van der Waals surface area contributed by atoms with Gasteiger partial charge in [-0.2, -0.15) is 0 Å². The van der Waals surface area contributed by atoms with E-state index in [4.69, 9.17) is 5.41 Å². The van der Waals surface area contributed by atoms with E-state index in [0.29, 0.717) is 5.62 Å². The minimum absolute atomic E-state index is 0.487. The minimum atomic E-state index is 0.487. The Bertz CT molecular complexity index is 551. The highest BCUT2D eigenvalue weighted by Gasteiger charge is 2.08. The number of benzene rings is 1. The van der Waals surface area contributed by atoms with Crippen LogP contribution in [0.5, 0.6) is 0 Å². The summed E-state index contributed by atoms with van der Waals surface area (Å²) in [5.41, 5.74) is 2.63. The van der Waals surface area contributed by atoms with Crippen molar-refractivity contribution in [2.24, 2.45) is 14.1 Å². The Balaban J connectivity index is 2.70. The Hall–Kier alpha value is -1.29. The smallest absolute Gasteiger partial charge is 0.201 e. The van der Waals surface area contributed by atoms with E-state index in [2.05, 4.69) is 15.9 Å². The molecule has 0 fully saturated rings. The summed E-state index contributed by atoms with van der Waals surface area (Å²) in [5, 5.41) is 7.80. The lowest BCUT2D eigenvalue weighted by Crippen LogP contribution is -2.19. The molecule has 0 saturated heterocycles. The molecule has 0 atom stereocenters. The number of nitrogens with one attached hydrogen (secondary N) is 1. The Kier molecular flexibility index (Phi) is 2.52. The van der Waals surface area contributed by atoms with E-state index in [1.165, 1.54) is 0 Å². The van der Waals surface area contributed by atoms with E-state index in [1.807, 2.05) is 49.1 Å². The fourth-order valence-corrected chi connectivity index (χ4v) is 2.09. The van der Waals surface area contributed by atoms with Crippen LogP contribution >= 0.6 is 15.9 Å². The fraction of sp³-hybridized carbons (Fsp3) is 0.182. The number of hydrogen-bond acceptors (Lipinski definition) is 1. The summed E-state index contributed by atoms with van der Waals surface area (Å²) in [7, 11) is 3.78. The Morgan fingerprint density at radius 3 is 2.40 bits per heavy atom. The van der Waals surface area contributed by atoms with Gasteiger partial charge >= 0.3 is 0 Å². The van der Waals surface area contributed by atoms with Gasteiger partial charge in [0.2, 0.25) is 5.62 Å². The van der Waals surface area contributed by atoms with Crippen LogP contribution in [0, 0.1) is 5.41 Å². The van der Waals surface area contributed by atoms with Gasteiger partial charge in [0.15, 0.2) is 0 Å². The first-order valence-corrected chi connectivity index (χ1v) is 5.42. The predicted octanol–water partition coefficient (Wildman–Crippen LogP) is 2.27. The number of hydrogen-bond donors (Lipinski definition) is 1. The zero-order valence-corrected chi connectivity index (χ0v) is 10.2. The maximum Gasteiger partial charge on any atom is 0.201 e. The normalized spacial score (nSPS) is 10.6. The van der Waals surface area contributed by atoms with Gasteiger partial charge in [-0.3, -0.25) is 5.41 Å². The molecule has 0 aliphatic rings. The standard InChI is InChI=1S/C11H12BrN3/c1-14-7-10(15(2)11(14)13)8-5-3-4-6-9(8)12/h3-7,13H,1-2H3. The molecule has 0 aliphatic carbocycles. The van der Waals surface area contributed by atoms with Gasteiger partial charge in [0.05, 0.1) is 5.69 Å². The third-order valence-electron chi connectivity index (χ3n) is 2.48. The van der Waals surface area contributed by atoms with Crippen molar-refractivity contribution in [2.75, 3.05) is 0 Å². The average Bonchev–Trinajstić information content (AvgIpc) is 2.47. The summed E-state index contributed by atoms with van der Waals surface area (Å²) in [6, 6.07) is 8.03.